The standard InChI is InChI=1S/C8H14O4/c1-4-7(11)5(2)12-8(4)6(10)3-9/h4,6-11H,2-3H2,1H3/t4-,6+,7+,8+/m1/s1. The number of aliphatic hydroxyl groups is 3. The van der Waals surface area contributed by atoms with Gasteiger partial charge in [-0.1, -0.05) is 13.5 Å². The van der Waals surface area contributed by atoms with Crippen molar-refractivity contribution in [3.63, 3.8) is 0 Å². The zero-order valence-electron chi connectivity index (χ0n) is 6.97. The maximum absolute atomic E-state index is 9.36. The van der Waals surface area contributed by atoms with E-state index in [0.717, 1.165) is 0 Å². The van der Waals surface area contributed by atoms with Crippen LogP contribution in [0.25, 0.3) is 0 Å². The van der Waals surface area contributed by atoms with Crippen molar-refractivity contribution in [2.24, 2.45) is 5.92 Å². The van der Waals surface area contributed by atoms with Gasteiger partial charge in [0.1, 0.15) is 24.1 Å². The minimum atomic E-state index is -0.950. The van der Waals surface area contributed by atoms with Crippen LogP contribution in [-0.2, 0) is 4.74 Å². The van der Waals surface area contributed by atoms with Gasteiger partial charge in [-0.3, -0.25) is 0 Å². The summed E-state index contributed by atoms with van der Waals surface area (Å²) in [6, 6.07) is 0. The molecule has 1 aliphatic heterocycles. The van der Waals surface area contributed by atoms with Crippen molar-refractivity contribution < 1.29 is 20.1 Å². The third kappa shape index (κ3) is 1.46. The van der Waals surface area contributed by atoms with Crippen LogP contribution in [0.3, 0.4) is 0 Å². The zero-order valence-corrected chi connectivity index (χ0v) is 6.97. The smallest absolute Gasteiger partial charge is 0.132 e. The van der Waals surface area contributed by atoms with E-state index < -0.39 is 18.3 Å². The molecule has 4 atom stereocenters. The summed E-state index contributed by atoms with van der Waals surface area (Å²) in [5.41, 5.74) is 0. The largest absolute Gasteiger partial charge is 0.489 e. The van der Waals surface area contributed by atoms with Crippen molar-refractivity contribution in [3.05, 3.63) is 12.3 Å². The van der Waals surface area contributed by atoms with Gasteiger partial charge in [-0.2, -0.15) is 0 Å². The number of aliphatic hydroxyl groups excluding tert-OH is 3. The molecule has 0 saturated carbocycles. The Balaban J connectivity index is 2.64. The van der Waals surface area contributed by atoms with Gasteiger partial charge in [0.15, 0.2) is 0 Å². The fraction of sp³-hybridized carbons (Fsp3) is 0.750. The number of hydrogen-bond donors (Lipinski definition) is 3. The zero-order chi connectivity index (χ0) is 9.30. The first-order chi connectivity index (χ1) is 5.57. The molecule has 1 fully saturated rings. The van der Waals surface area contributed by atoms with Crippen LogP contribution in [0.4, 0.5) is 0 Å². The first kappa shape index (κ1) is 9.51. The van der Waals surface area contributed by atoms with Crippen LogP contribution in [0.1, 0.15) is 6.92 Å². The summed E-state index contributed by atoms with van der Waals surface area (Å²) in [4.78, 5) is 0. The summed E-state index contributed by atoms with van der Waals surface area (Å²) in [6.45, 7) is 4.86. The molecule has 1 rings (SSSR count). The van der Waals surface area contributed by atoms with Crippen LogP contribution in [0.2, 0.25) is 0 Å². The monoisotopic (exact) mass is 174 g/mol. The summed E-state index contributed by atoms with van der Waals surface area (Å²) in [5.74, 6) is 0.0413. The molecule has 70 valence electrons. The van der Waals surface area contributed by atoms with E-state index in [1.54, 1.807) is 6.92 Å². The molecule has 0 radical (unpaired) electrons. The van der Waals surface area contributed by atoms with E-state index in [1.807, 2.05) is 0 Å². The second kappa shape index (κ2) is 3.43. The Hall–Kier alpha value is -0.580. The summed E-state index contributed by atoms with van der Waals surface area (Å²) in [5, 5.41) is 27.2. The van der Waals surface area contributed by atoms with Gasteiger partial charge in [0, 0.05) is 5.92 Å². The Labute approximate surface area is 71.1 Å². The Morgan fingerprint density at radius 2 is 2.25 bits per heavy atom. The lowest BCUT2D eigenvalue weighted by molar-refractivity contribution is -0.0283. The van der Waals surface area contributed by atoms with Crippen molar-refractivity contribution in [1.29, 1.82) is 0 Å². The summed E-state index contributed by atoms with van der Waals surface area (Å²) >= 11 is 0. The predicted octanol–water partition coefficient (Wildman–Crippen LogP) is -0.751. The fourth-order valence-corrected chi connectivity index (χ4v) is 1.36. The normalized spacial score (nSPS) is 38.0. The van der Waals surface area contributed by atoms with Crippen LogP contribution in [-0.4, -0.2) is 40.2 Å². The topological polar surface area (TPSA) is 69.9 Å². The lowest BCUT2D eigenvalue weighted by Gasteiger charge is -2.19. The van der Waals surface area contributed by atoms with E-state index in [9.17, 15) is 10.2 Å². The predicted molar refractivity (Wildman–Crippen MR) is 42.3 cm³/mol. The third-order valence-electron chi connectivity index (χ3n) is 2.20. The molecule has 1 heterocycles. The van der Waals surface area contributed by atoms with E-state index in [2.05, 4.69) is 6.58 Å². The summed E-state index contributed by atoms with van der Waals surface area (Å²) in [7, 11) is 0. The van der Waals surface area contributed by atoms with Crippen LogP contribution in [0.15, 0.2) is 12.3 Å². The highest BCUT2D eigenvalue weighted by Gasteiger charge is 2.40. The molecule has 1 saturated heterocycles. The second-order valence-electron chi connectivity index (χ2n) is 3.10. The Morgan fingerprint density at radius 3 is 2.58 bits per heavy atom. The van der Waals surface area contributed by atoms with Crippen molar-refractivity contribution in [3.8, 4) is 0 Å². The van der Waals surface area contributed by atoms with Gasteiger partial charge in [-0.15, -0.1) is 0 Å². The molecule has 0 unspecified atom stereocenters. The van der Waals surface area contributed by atoms with Crippen LogP contribution < -0.4 is 0 Å². The quantitative estimate of drug-likeness (QED) is 0.515. The van der Waals surface area contributed by atoms with Crippen LogP contribution in [0.5, 0.6) is 0 Å². The van der Waals surface area contributed by atoms with Gasteiger partial charge < -0.3 is 20.1 Å². The van der Waals surface area contributed by atoms with Crippen molar-refractivity contribution >= 4 is 0 Å². The molecule has 0 bridgehead atoms. The molecule has 4 heteroatoms. The molecule has 3 N–H and O–H groups in total. The van der Waals surface area contributed by atoms with E-state index in [-0.39, 0.29) is 18.3 Å². The molecule has 1 aliphatic rings. The highest BCUT2D eigenvalue weighted by molar-refractivity contribution is 5.05. The summed E-state index contributed by atoms with van der Waals surface area (Å²) < 4.78 is 5.08. The molecular weight excluding hydrogens is 160 g/mol. The maximum Gasteiger partial charge on any atom is 0.132 e. The van der Waals surface area contributed by atoms with Crippen LogP contribution in [0, 0.1) is 5.92 Å². The Bertz CT molecular complexity index is 180. The lowest BCUT2D eigenvalue weighted by atomic mass is 9.97. The highest BCUT2D eigenvalue weighted by Crippen LogP contribution is 2.30. The van der Waals surface area contributed by atoms with E-state index in [4.69, 9.17) is 9.84 Å². The van der Waals surface area contributed by atoms with Crippen molar-refractivity contribution in [2.45, 2.75) is 25.2 Å². The average molecular weight is 174 g/mol. The SMILES string of the molecule is C=C1O[C@H]([C@@H](O)CO)[C@H](C)[C@@H]1O. The molecule has 0 aromatic carbocycles. The fourth-order valence-electron chi connectivity index (χ4n) is 1.36. The van der Waals surface area contributed by atoms with Gasteiger partial charge in [0.2, 0.25) is 0 Å². The summed E-state index contributed by atoms with van der Waals surface area (Å²) in [6.07, 6.45) is -2.23. The van der Waals surface area contributed by atoms with Gasteiger partial charge in [0.05, 0.1) is 6.61 Å². The molecule has 4 nitrogen and oxygen atoms in total. The number of ether oxygens (including phenoxy) is 1. The third-order valence-corrected chi connectivity index (χ3v) is 2.20. The minimum Gasteiger partial charge on any atom is -0.489 e. The second-order valence-corrected chi connectivity index (χ2v) is 3.10. The average Bonchev–Trinajstić information content (AvgIpc) is 2.32. The molecule has 0 aromatic heterocycles. The molecule has 0 spiro atoms. The van der Waals surface area contributed by atoms with Crippen molar-refractivity contribution in [1.82, 2.24) is 0 Å². The molecular formula is C8H14O4. The molecule has 0 amide bonds. The van der Waals surface area contributed by atoms with Gasteiger partial charge in [0.25, 0.3) is 0 Å². The minimum absolute atomic E-state index is 0.223. The maximum atomic E-state index is 9.36. The first-order valence-corrected chi connectivity index (χ1v) is 3.90. The first-order valence-electron chi connectivity index (χ1n) is 3.90. The lowest BCUT2D eigenvalue weighted by Crippen LogP contribution is -2.34. The number of rotatable bonds is 2. The molecule has 0 aromatic rings. The Morgan fingerprint density at radius 1 is 1.67 bits per heavy atom. The molecule has 12 heavy (non-hydrogen) atoms. The van der Waals surface area contributed by atoms with E-state index >= 15 is 0 Å². The Kier molecular flexibility index (Phi) is 2.72. The van der Waals surface area contributed by atoms with E-state index in [1.165, 1.54) is 0 Å². The van der Waals surface area contributed by atoms with Gasteiger partial charge in [-0.05, 0) is 0 Å². The number of hydrogen-bond acceptors (Lipinski definition) is 4. The highest BCUT2D eigenvalue weighted by atomic mass is 16.5. The van der Waals surface area contributed by atoms with Gasteiger partial charge >= 0.3 is 0 Å². The van der Waals surface area contributed by atoms with E-state index in [0.29, 0.717) is 0 Å². The van der Waals surface area contributed by atoms with Gasteiger partial charge in [-0.25, -0.2) is 0 Å². The van der Waals surface area contributed by atoms with Crippen molar-refractivity contribution in [2.75, 3.05) is 6.61 Å². The molecule has 0 aliphatic carbocycles. The van der Waals surface area contributed by atoms with Crippen LogP contribution >= 0.6 is 0 Å².